The Morgan fingerprint density at radius 2 is 1.90 bits per heavy atom. The van der Waals surface area contributed by atoms with Gasteiger partial charge in [0.05, 0.1) is 12.8 Å². The molecule has 0 atom stereocenters. The third kappa shape index (κ3) is 4.17. The number of anilines is 1. The summed E-state index contributed by atoms with van der Waals surface area (Å²) < 4.78 is 36.6. The fourth-order valence-electron chi connectivity index (χ4n) is 1.62. The second-order valence-electron chi connectivity index (χ2n) is 4.14. The minimum absolute atomic E-state index is 0.228. The van der Waals surface area contributed by atoms with Crippen LogP contribution in [0, 0.1) is 11.6 Å². The number of ether oxygens (including phenoxy) is 2. The number of nitrogens with one attached hydrogen (secondary N) is 1. The van der Waals surface area contributed by atoms with Gasteiger partial charge in [-0.25, -0.2) is 8.78 Å². The standard InChI is InChI=1S/C15H13F2NO3/c1-20-11-3-2-4-12(8-11)21-9-15(19)18-14-7-10(16)5-6-13(14)17/h2-8H,9H2,1H3,(H,18,19). The quantitative estimate of drug-likeness (QED) is 0.922. The first-order valence-electron chi connectivity index (χ1n) is 6.10. The highest BCUT2D eigenvalue weighted by atomic mass is 19.1. The SMILES string of the molecule is COc1cccc(OCC(=O)Nc2cc(F)ccc2F)c1. The van der Waals surface area contributed by atoms with Crippen LogP contribution in [0.4, 0.5) is 14.5 Å². The van der Waals surface area contributed by atoms with Crippen molar-refractivity contribution in [2.45, 2.75) is 0 Å². The Hall–Kier alpha value is -2.63. The third-order valence-corrected chi connectivity index (χ3v) is 2.61. The summed E-state index contributed by atoms with van der Waals surface area (Å²) in [7, 11) is 1.51. The lowest BCUT2D eigenvalue weighted by Gasteiger charge is -2.09. The molecule has 2 rings (SSSR count). The van der Waals surface area contributed by atoms with Crippen LogP contribution < -0.4 is 14.8 Å². The number of methoxy groups -OCH3 is 1. The largest absolute Gasteiger partial charge is 0.497 e. The Balaban J connectivity index is 1.94. The summed E-state index contributed by atoms with van der Waals surface area (Å²) in [6, 6.07) is 9.51. The molecule has 0 aliphatic carbocycles. The van der Waals surface area contributed by atoms with Gasteiger partial charge in [0.15, 0.2) is 6.61 Å². The second kappa shape index (κ2) is 6.69. The Morgan fingerprint density at radius 1 is 1.14 bits per heavy atom. The molecule has 4 nitrogen and oxygen atoms in total. The van der Waals surface area contributed by atoms with Gasteiger partial charge in [0, 0.05) is 12.1 Å². The number of hydrogen-bond acceptors (Lipinski definition) is 3. The van der Waals surface area contributed by atoms with Gasteiger partial charge in [-0.3, -0.25) is 4.79 Å². The summed E-state index contributed by atoms with van der Waals surface area (Å²) >= 11 is 0. The van der Waals surface area contributed by atoms with Crippen molar-refractivity contribution in [1.82, 2.24) is 0 Å². The Labute approximate surface area is 120 Å². The molecule has 1 N–H and O–H groups in total. The van der Waals surface area contributed by atoms with Crippen molar-refractivity contribution in [2.75, 3.05) is 19.0 Å². The zero-order valence-corrected chi connectivity index (χ0v) is 11.2. The van der Waals surface area contributed by atoms with Gasteiger partial charge in [-0.05, 0) is 24.3 Å². The molecule has 0 heterocycles. The van der Waals surface area contributed by atoms with E-state index in [1.165, 1.54) is 7.11 Å². The summed E-state index contributed by atoms with van der Waals surface area (Å²) in [4.78, 5) is 11.6. The second-order valence-corrected chi connectivity index (χ2v) is 4.14. The van der Waals surface area contributed by atoms with Gasteiger partial charge in [-0.15, -0.1) is 0 Å². The van der Waals surface area contributed by atoms with Crippen LogP contribution in [-0.2, 0) is 4.79 Å². The predicted molar refractivity (Wildman–Crippen MR) is 73.5 cm³/mol. The number of carbonyl (C=O) groups is 1. The first-order valence-corrected chi connectivity index (χ1v) is 6.10. The molecule has 0 saturated heterocycles. The van der Waals surface area contributed by atoms with Crippen LogP contribution in [0.1, 0.15) is 0 Å². The summed E-state index contributed by atoms with van der Waals surface area (Å²) in [6.07, 6.45) is 0. The summed E-state index contributed by atoms with van der Waals surface area (Å²) in [6.45, 7) is -0.330. The number of carbonyl (C=O) groups excluding carboxylic acids is 1. The molecule has 0 aliphatic rings. The van der Waals surface area contributed by atoms with E-state index in [2.05, 4.69) is 5.32 Å². The molecule has 0 aliphatic heterocycles. The molecule has 2 aromatic carbocycles. The summed E-state index contributed by atoms with van der Waals surface area (Å²) in [5, 5.41) is 2.24. The molecule has 0 bridgehead atoms. The molecule has 0 unspecified atom stereocenters. The molecule has 110 valence electrons. The lowest BCUT2D eigenvalue weighted by Crippen LogP contribution is -2.20. The molecular formula is C15H13F2NO3. The van der Waals surface area contributed by atoms with E-state index in [0.717, 1.165) is 18.2 Å². The maximum Gasteiger partial charge on any atom is 0.262 e. The van der Waals surface area contributed by atoms with Crippen LogP contribution in [0.15, 0.2) is 42.5 Å². The smallest absolute Gasteiger partial charge is 0.262 e. The van der Waals surface area contributed by atoms with Crippen LogP contribution in [0.25, 0.3) is 0 Å². The predicted octanol–water partition coefficient (Wildman–Crippen LogP) is 2.99. The van der Waals surface area contributed by atoms with E-state index in [9.17, 15) is 13.6 Å². The first kappa shape index (κ1) is 14.8. The van der Waals surface area contributed by atoms with E-state index in [1.54, 1.807) is 24.3 Å². The van der Waals surface area contributed by atoms with E-state index >= 15 is 0 Å². The van der Waals surface area contributed by atoms with Crippen LogP contribution in [0.5, 0.6) is 11.5 Å². The van der Waals surface area contributed by atoms with Crippen molar-refractivity contribution in [2.24, 2.45) is 0 Å². The van der Waals surface area contributed by atoms with Gasteiger partial charge in [0.2, 0.25) is 0 Å². The molecule has 0 radical (unpaired) electrons. The molecule has 0 fully saturated rings. The third-order valence-electron chi connectivity index (χ3n) is 2.61. The molecule has 21 heavy (non-hydrogen) atoms. The maximum absolute atomic E-state index is 13.4. The Morgan fingerprint density at radius 3 is 2.67 bits per heavy atom. The molecular weight excluding hydrogens is 280 g/mol. The average molecular weight is 293 g/mol. The van der Waals surface area contributed by atoms with Crippen molar-refractivity contribution in [3.63, 3.8) is 0 Å². The minimum atomic E-state index is -0.717. The zero-order valence-electron chi connectivity index (χ0n) is 11.2. The van der Waals surface area contributed by atoms with Crippen LogP contribution >= 0.6 is 0 Å². The normalized spacial score (nSPS) is 10.0. The van der Waals surface area contributed by atoms with Gasteiger partial charge < -0.3 is 14.8 Å². The molecule has 2 aromatic rings. The van der Waals surface area contributed by atoms with Crippen molar-refractivity contribution in [1.29, 1.82) is 0 Å². The molecule has 0 saturated carbocycles. The van der Waals surface area contributed by atoms with Crippen molar-refractivity contribution in [3.05, 3.63) is 54.1 Å². The number of halogens is 2. The van der Waals surface area contributed by atoms with E-state index in [0.29, 0.717) is 11.5 Å². The zero-order chi connectivity index (χ0) is 15.2. The lowest BCUT2D eigenvalue weighted by molar-refractivity contribution is -0.118. The van der Waals surface area contributed by atoms with Gasteiger partial charge in [0.1, 0.15) is 23.1 Å². The van der Waals surface area contributed by atoms with Crippen molar-refractivity contribution < 1.29 is 23.0 Å². The Kier molecular flexibility index (Phi) is 4.71. The highest BCUT2D eigenvalue weighted by Crippen LogP contribution is 2.19. The number of amides is 1. The summed E-state index contributed by atoms with van der Waals surface area (Å²) in [5.41, 5.74) is -0.228. The van der Waals surface area contributed by atoms with E-state index in [4.69, 9.17) is 9.47 Å². The fraction of sp³-hybridized carbons (Fsp3) is 0.133. The van der Waals surface area contributed by atoms with Gasteiger partial charge >= 0.3 is 0 Å². The fourth-order valence-corrected chi connectivity index (χ4v) is 1.62. The minimum Gasteiger partial charge on any atom is -0.497 e. The van der Waals surface area contributed by atoms with Crippen LogP contribution in [-0.4, -0.2) is 19.6 Å². The van der Waals surface area contributed by atoms with Crippen LogP contribution in [0.3, 0.4) is 0 Å². The van der Waals surface area contributed by atoms with E-state index in [-0.39, 0.29) is 12.3 Å². The molecule has 1 amide bonds. The topological polar surface area (TPSA) is 47.6 Å². The number of hydrogen-bond donors (Lipinski definition) is 1. The number of benzene rings is 2. The molecule has 0 spiro atoms. The van der Waals surface area contributed by atoms with E-state index in [1.807, 2.05) is 0 Å². The van der Waals surface area contributed by atoms with Crippen LogP contribution in [0.2, 0.25) is 0 Å². The Bertz CT molecular complexity index is 647. The highest BCUT2D eigenvalue weighted by molar-refractivity contribution is 5.92. The number of rotatable bonds is 5. The lowest BCUT2D eigenvalue weighted by atomic mass is 10.3. The van der Waals surface area contributed by atoms with Crippen molar-refractivity contribution in [3.8, 4) is 11.5 Å². The van der Waals surface area contributed by atoms with Gasteiger partial charge in [0.25, 0.3) is 5.91 Å². The highest BCUT2D eigenvalue weighted by Gasteiger charge is 2.09. The van der Waals surface area contributed by atoms with E-state index < -0.39 is 17.5 Å². The van der Waals surface area contributed by atoms with Gasteiger partial charge in [-0.1, -0.05) is 6.07 Å². The first-order chi connectivity index (χ1) is 10.1. The summed E-state index contributed by atoms with van der Waals surface area (Å²) in [5.74, 6) is -0.929. The van der Waals surface area contributed by atoms with Gasteiger partial charge in [-0.2, -0.15) is 0 Å². The average Bonchev–Trinajstić information content (AvgIpc) is 2.49. The monoisotopic (exact) mass is 293 g/mol. The maximum atomic E-state index is 13.4. The molecule has 0 aromatic heterocycles. The van der Waals surface area contributed by atoms with Crippen molar-refractivity contribution >= 4 is 11.6 Å². The molecule has 6 heteroatoms.